The zero-order chi connectivity index (χ0) is 40.1. The number of fused-ring (bicyclic) bond motifs is 2. The van der Waals surface area contributed by atoms with Gasteiger partial charge in [0.1, 0.15) is 42.7 Å². The van der Waals surface area contributed by atoms with Gasteiger partial charge in [0, 0.05) is 5.92 Å². The molecule has 55 heavy (non-hydrogen) atoms. The van der Waals surface area contributed by atoms with E-state index < -0.39 is 96.8 Å². The summed E-state index contributed by atoms with van der Waals surface area (Å²) in [5, 5.41) is 97.2. The summed E-state index contributed by atoms with van der Waals surface area (Å²) in [5.41, 5.74) is -3.16. The Morgan fingerprint density at radius 2 is 1.40 bits per heavy atom. The molecule has 0 bridgehead atoms. The lowest BCUT2D eigenvalue weighted by atomic mass is 9.41. The smallest absolute Gasteiger partial charge is 0.186 e. The van der Waals surface area contributed by atoms with Crippen LogP contribution in [-0.2, 0) is 23.7 Å². The monoisotopic (exact) mass is 784 g/mol. The van der Waals surface area contributed by atoms with Gasteiger partial charge >= 0.3 is 0 Å². The maximum atomic E-state index is 12.2. The number of hydrogen-bond acceptors (Lipinski definition) is 14. The summed E-state index contributed by atoms with van der Waals surface area (Å²) >= 11 is 0. The van der Waals surface area contributed by atoms with E-state index in [1.165, 1.54) is 0 Å². The lowest BCUT2D eigenvalue weighted by Gasteiger charge is -2.65. The van der Waals surface area contributed by atoms with E-state index in [9.17, 15) is 46.0 Å². The van der Waals surface area contributed by atoms with Gasteiger partial charge in [-0.3, -0.25) is 0 Å². The highest BCUT2D eigenvalue weighted by Crippen LogP contribution is 2.89. The van der Waals surface area contributed by atoms with Crippen LogP contribution in [0.5, 0.6) is 0 Å². The normalized spacial score (nSPS) is 58.7. The number of rotatable bonds is 7. The van der Waals surface area contributed by atoms with Gasteiger partial charge in [-0.2, -0.15) is 0 Å². The van der Waals surface area contributed by atoms with Gasteiger partial charge in [0.2, 0.25) is 0 Å². The summed E-state index contributed by atoms with van der Waals surface area (Å²) in [6, 6.07) is 0. The molecule has 0 unspecified atom stereocenters. The topological polar surface area (TPSA) is 228 Å². The van der Waals surface area contributed by atoms with E-state index in [2.05, 4.69) is 34.6 Å². The molecule has 8 rings (SSSR count). The largest absolute Gasteiger partial charge is 0.394 e. The Bertz CT molecular complexity index is 1460. The molecule has 3 heterocycles. The molecule has 0 aromatic carbocycles. The predicted molar refractivity (Wildman–Crippen MR) is 194 cm³/mol. The maximum Gasteiger partial charge on any atom is 0.186 e. The molecule has 2 spiro atoms. The van der Waals surface area contributed by atoms with E-state index in [1.54, 1.807) is 13.8 Å². The minimum absolute atomic E-state index is 0.0633. The first-order chi connectivity index (χ1) is 25.5. The van der Waals surface area contributed by atoms with Crippen molar-refractivity contribution >= 4 is 0 Å². The van der Waals surface area contributed by atoms with Crippen molar-refractivity contribution in [1.29, 1.82) is 0 Å². The summed E-state index contributed by atoms with van der Waals surface area (Å²) in [6.45, 7) is 13.8. The van der Waals surface area contributed by atoms with E-state index >= 15 is 0 Å². The fourth-order valence-electron chi connectivity index (χ4n) is 14.9. The molecule has 14 heteroatoms. The Labute approximate surface area is 324 Å². The van der Waals surface area contributed by atoms with Crippen molar-refractivity contribution < 1.29 is 69.6 Å². The fraction of sp³-hybridized carbons (Fsp3) is 1.00. The molecule has 14 nitrogen and oxygen atoms in total. The number of aliphatic hydroxyl groups is 9. The molecule has 316 valence electrons. The SMILES string of the molecule is CC(C)(O)[C@H]1CC[C@@](C)([C@@H]2[C@H](O)C[C@]3(C)[C@@H]4C[C@@H](O[C@H]5O[C@@H](CO)[C@H](O)[C@@H](O)[C@@H]5O)[C@@H]5C(C)(C)[C@H](O[C@H]6OC[C@H](O)[C@@H](O)[C@@H]6O)CC[C@]56C[C@@]46CC[C@@]23C)O1. The summed E-state index contributed by atoms with van der Waals surface area (Å²) < 4.78 is 31.9. The quantitative estimate of drug-likeness (QED) is 0.162. The van der Waals surface area contributed by atoms with Crippen LogP contribution in [0.1, 0.15) is 106 Å². The van der Waals surface area contributed by atoms with Gasteiger partial charge in [-0.25, -0.2) is 0 Å². The van der Waals surface area contributed by atoms with Gasteiger partial charge in [-0.15, -0.1) is 0 Å². The van der Waals surface area contributed by atoms with Crippen LogP contribution in [0.3, 0.4) is 0 Å². The molecule has 3 aliphatic heterocycles. The Morgan fingerprint density at radius 1 is 0.709 bits per heavy atom. The summed E-state index contributed by atoms with van der Waals surface area (Å²) in [5.74, 6) is -0.215. The lowest BCUT2D eigenvalue weighted by Crippen LogP contribution is -2.65. The minimum Gasteiger partial charge on any atom is -0.394 e. The fourth-order valence-corrected chi connectivity index (χ4v) is 14.9. The lowest BCUT2D eigenvalue weighted by molar-refractivity contribution is -0.339. The second-order valence-corrected chi connectivity index (χ2v) is 21.1. The number of hydrogen-bond donors (Lipinski definition) is 9. The summed E-state index contributed by atoms with van der Waals surface area (Å²) in [6.07, 6.45) is -7.48. The third-order valence-corrected chi connectivity index (χ3v) is 17.6. The molecule has 0 aromatic heterocycles. The standard InChI is InChI=1S/C41H68O14/c1-35(2)24(54-33-29(48)26(45)20(44)17-51-33)9-11-41-18-40(41)13-12-37(5)31(39(7)10-8-25(55-39)36(3,4)50)19(43)15-38(37,6)23(40)14-21(32(35)41)52-34-30(49)28(47)27(46)22(16-42)53-34/h19-34,42-50H,8-18H2,1-7H3/t19-,20+,21-,22+,23+,24-,25-,26-,27+,28-,29+,30+,31-,32-,33-,34+,37+,38-,39+,40+,41+/m1/s1. The molecular weight excluding hydrogens is 716 g/mol. The van der Waals surface area contributed by atoms with Crippen LogP contribution >= 0.6 is 0 Å². The Morgan fingerprint density at radius 3 is 2.05 bits per heavy atom. The average Bonchev–Trinajstić information content (AvgIpc) is 3.47. The predicted octanol–water partition coefficient (Wildman–Crippen LogP) is 0.724. The molecule has 8 aliphatic rings. The van der Waals surface area contributed by atoms with Gasteiger partial charge in [0.15, 0.2) is 12.6 Å². The maximum absolute atomic E-state index is 12.2. The van der Waals surface area contributed by atoms with E-state index in [0.717, 1.165) is 32.1 Å². The van der Waals surface area contributed by atoms with Crippen molar-refractivity contribution in [3.63, 3.8) is 0 Å². The Hall–Kier alpha value is -0.560. The number of aliphatic hydroxyl groups excluding tert-OH is 8. The first kappa shape index (κ1) is 41.2. The van der Waals surface area contributed by atoms with Gasteiger partial charge < -0.3 is 69.6 Å². The van der Waals surface area contributed by atoms with Crippen LogP contribution < -0.4 is 0 Å². The third-order valence-electron chi connectivity index (χ3n) is 17.6. The van der Waals surface area contributed by atoms with E-state index in [0.29, 0.717) is 25.7 Å². The summed E-state index contributed by atoms with van der Waals surface area (Å²) in [4.78, 5) is 0. The molecule has 21 atom stereocenters. The highest BCUT2D eigenvalue weighted by atomic mass is 16.7. The Kier molecular flexibility index (Phi) is 9.90. The van der Waals surface area contributed by atoms with Crippen LogP contribution in [-0.4, -0.2) is 150 Å². The van der Waals surface area contributed by atoms with E-state index in [4.69, 9.17) is 23.7 Å². The minimum atomic E-state index is -1.60. The summed E-state index contributed by atoms with van der Waals surface area (Å²) in [7, 11) is 0. The first-order valence-corrected chi connectivity index (χ1v) is 20.9. The van der Waals surface area contributed by atoms with Gasteiger partial charge in [-0.1, -0.05) is 27.7 Å². The zero-order valence-electron chi connectivity index (χ0n) is 33.6. The van der Waals surface area contributed by atoms with Crippen molar-refractivity contribution in [2.24, 2.45) is 44.8 Å². The van der Waals surface area contributed by atoms with E-state index in [1.807, 2.05) is 0 Å². The van der Waals surface area contributed by atoms with Crippen molar-refractivity contribution in [1.82, 2.24) is 0 Å². The number of ether oxygens (including phenoxy) is 5. The van der Waals surface area contributed by atoms with Gasteiger partial charge in [0.05, 0.1) is 48.8 Å². The second-order valence-electron chi connectivity index (χ2n) is 21.1. The molecule has 0 radical (unpaired) electrons. The van der Waals surface area contributed by atoms with Crippen LogP contribution in [0.2, 0.25) is 0 Å². The molecule has 8 fully saturated rings. The molecule has 5 aliphatic carbocycles. The van der Waals surface area contributed by atoms with Crippen molar-refractivity contribution in [3.05, 3.63) is 0 Å². The molecule has 5 saturated carbocycles. The van der Waals surface area contributed by atoms with Crippen LogP contribution in [0.4, 0.5) is 0 Å². The van der Waals surface area contributed by atoms with Crippen LogP contribution in [0.25, 0.3) is 0 Å². The average molecular weight is 785 g/mol. The van der Waals surface area contributed by atoms with Crippen LogP contribution in [0.15, 0.2) is 0 Å². The first-order valence-electron chi connectivity index (χ1n) is 20.9. The third kappa shape index (κ3) is 5.70. The van der Waals surface area contributed by atoms with E-state index in [-0.39, 0.29) is 52.1 Å². The van der Waals surface area contributed by atoms with Crippen LogP contribution in [0, 0.1) is 44.8 Å². The second kappa shape index (κ2) is 13.2. The van der Waals surface area contributed by atoms with Gasteiger partial charge in [0.25, 0.3) is 0 Å². The highest BCUT2D eigenvalue weighted by molar-refractivity contribution is 5.33. The van der Waals surface area contributed by atoms with Crippen molar-refractivity contribution in [2.45, 2.75) is 197 Å². The molecule has 9 N–H and O–H groups in total. The molecule has 3 saturated heterocycles. The molecule has 0 aromatic rings. The van der Waals surface area contributed by atoms with Crippen molar-refractivity contribution in [2.75, 3.05) is 13.2 Å². The van der Waals surface area contributed by atoms with Gasteiger partial charge in [-0.05, 0) is 117 Å². The zero-order valence-corrected chi connectivity index (χ0v) is 33.6. The highest BCUT2D eigenvalue weighted by Gasteiger charge is 2.85. The molecule has 0 amide bonds. The van der Waals surface area contributed by atoms with Crippen molar-refractivity contribution in [3.8, 4) is 0 Å². The molecular formula is C41H68O14. The Balaban J connectivity index is 1.15.